The number of aryl methyl sites for hydroxylation is 1. The molecule has 4 rings (SSSR count). The Kier molecular flexibility index (Phi) is 5.64. The molecular formula is C23H20N4O3S. The largest absolute Gasteiger partial charge is 0.344 e. The summed E-state index contributed by atoms with van der Waals surface area (Å²) in [5.74, 6) is -0.349. The second-order valence-corrected chi connectivity index (χ2v) is 8.27. The van der Waals surface area contributed by atoms with Gasteiger partial charge in [-0.25, -0.2) is 5.43 Å². The average Bonchev–Trinajstić information content (AvgIpc) is 3.30. The van der Waals surface area contributed by atoms with Crippen LogP contribution >= 0.6 is 11.3 Å². The van der Waals surface area contributed by atoms with Crippen LogP contribution in [-0.4, -0.2) is 21.6 Å². The van der Waals surface area contributed by atoms with E-state index in [9.17, 15) is 14.9 Å². The molecule has 0 spiro atoms. The molecular weight excluding hydrogens is 412 g/mol. The number of thiophene rings is 1. The molecule has 2 aromatic carbocycles. The first-order valence-electron chi connectivity index (χ1n) is 9.64. The first-order valence-corrected chi connectivity index (χ1v) is 10.5. The Bertz CT molecular complexity index is 1310. The number of nitro groups is 1. The number of carbonyl (C=O) groups excluding carboxylic acids is 1. The Morgan fingerprint density at radius 2 is 1.94 bits per heavy atom. The summed E-state index contributed by atoms with van der Waals surface area (Å²) in [6.45, 7) is 4.84. The quantitative estimate of drug-likeness (QED) is 0.263. The summed E-state index contributed by atoms with van der Waals surface area (Å²) in [5, 5.41) is 15.7. The van der Waals surface area contributed by atoms with Crippen molar-refractivity contribution in [2.45, 2.75) is 20.4 Å². The molecule has 4 aromatic rings. The zero-order valence-electron chi connectivity index (χ0n) is 17.0. The van der Waals surface area contributed by atoms with E-state index in [1.807, 2.05) is 38.1 Å². The number of nitrogens with one attached hydrogen (secondary N) is 1. The van der Waals surface area contributed by atoms with Crippen molar-refractivity contribution in [2.75, 3.05) is 0 Å². The van der Waals surface area contributed by atoms with Crippen LogP contribution in [0.15, 0.2) is 65.8 Å². The van der Waals surface area contributed by atoms with Gasteiger partial charge in [0.2, 0.25) is 0 Å². The molecule has 0 saturated carbocycles. The molecule has 0 atom stereocenters. The fourth-order valence-corrected chi connectivity index (χ4v) is 4.37. The number of hydrazone groups is 1. The van der Waals surface area contributed by atoms with E-state index in [1.165, 1.54) is 29.0 Å². The molecule has 0 aliphatic carbocycles. The van der Waals surface area contributed by atoms with Crippen molar-refractivity contribution >= 4 is 39.2 Å². The lowest BCUT2D eigenvalue weighted by atomic mass is 10.2. The van der Waals surface area contributed by atoms with E-state index in [-0.39, 0.29) is 11.6 Å². The highest BCUT2D eigenvalue weighted by Gasteiger charge is 2.13. The molecule has 0 aliphatic heterocycles. The summed E-state index contributed by atoms with van der Waals surface area (Å²) in [5.41, 5.74) is 6.87. The smallest absolute Gasteiger partial charge is 0.281 e. The minimum Gasteiger partial charge on any atom is -0.344 e. The highest BCUT2D eigenvalue weighted by atomic mass is 32.1. The molecule has 0 fully saturated rings. The fraction of sp³-hybridized carbons (Fsp3) is 0.130. The van der Waals surface area contributed by atoms with Crippen LogP contribution in [0.1, 0.15) is 32.2 Å². The second kappa shape index (κ2) is 8.53. The molecule has 156 valence electrons. The van der Waals surface area contributed by atoms with Crippen molar-refractivity contribution in [3.8, 4) is 0 Å². The topological polar surface area (TPSA) is 89.5 Å². The number of nitro benzene ring substituents is 1. The molecule has 8 heteroatoms. The highest BCUT2D eigenvalue weighted by molar-refractivity contribution is 7.20. The lowest BCUT2D eigenvalue weighted by molar-refractivity contribution is -0.384. The number of rotatable bonds is 6. The molecule has 0 aliphatic rings. The normalized spacial score (nSPS) is 11.3. The summed E-state index contributed by atoms with van der Waals surface area (Å²) < 4.78 is 3.02. The molecule has 7 nitrogen and oxygen atoms in total. The predicted molar refractivity (Wildman–Crippen MR) is 123 cm³/mol. The van der Waals surface area contributed by atoms with E-state index >= 15 is 0 Å². The fourth-order valence-electron chi connectivity index (χ4n) is 3.44. The van der Waals surface area contributed by atoms with Crippen LogP contribution < -0.4 is 5.43 Å². The van der Waals surface area contributed by atoms with Gasteiger partial charge in [0.15, 0.2) is 0 Å². The molecule has 0 radical (unpaired) electrons. The summed E-state index contributed by atoms with van der Waals surface area (Å²) in [6.07, 6.45) is 1.64. The van der Waals surface area contributed by atoms with Crippen LogP contribution in [0.2, 0.25) is 0 Å². The van der Waals surface area contributed by atoms with E-state index in [0.717, 1.165) is 28.2 Å². The minimum absolute atomic E-state index is 0.00105. The molecule has 0 saturated heterocycles. The first kappa shape index (κ1) is 20.5. The number of aromatic nitrogens is 1. The highest BCUT2D eigenvalue weighted by Crippen LogP contribution is 2.28. The standard InChI is InChI=1S/C23H20N4O3S/c1-15-10-19(16(2)26(15)14-17-6-4-3-5-7-17)13-24-25-23(28)22-12-18-11-20(27(29)30)8-9-21(18)31-22/h3-13H,14H2,1-2H3,(H,25,28)/b24-13-. The number of fused-ring (bicyclic) bond motifs is 1. The molecule has 2 aromatic heterocycles. The van der Waals surface area contributed by atoms with Crippen molar-refractivity contribution in [1.82, 2.24) is 9.99 Å². The van der Waals surface area contributed by atoms with Gasteiger partial charge in [0.05, 0.1) is 16.0 Å². The third kappa shape index (κ3) is 4.39. The minimum atomic E-state index is -0.449. The molecule has 2 heterocycles. The lowest BCUT2D eigenvalue weighted by Crippen LogP contribution is -2.16. The monoisotopic (exact) mass is 432 g/mol. The SMILES string of the molecule is Cc1cc(/C=N\NC(=O)c2cc3cc([N+](=O)[O-])ccc3s2)c(C)n1Cc1ccccc1. The Morgan fingerprint density at radius 3 is 2.68 bits per heavy atom. The van der Waals surface area contributed by atoms with Crippen molar-refractivity contribution in [1.29, 1.82) is 0 Å². The van der Waals surface area contributed by atoms with Gasteiger partial charge in [0.1, 0.15) is 0 Å². The van der Waals surface area contributed by atoms with Crippen LogP contribution in [0, 0.1) is 24.0 Å². The van der Waals surface area contributed by atoms with E-state index in [2.05, 4.69) is 27.2 Å². The van der Waals surface area contributed by atoms with Gasteiger partial charge in [0, 0.05) is 45.7 Å². The maximum Gasteiger partial charge on any atom is 0.281 e. The predicted octanol–water partition coefficient (Wildman–Crippen LogP) is 5.04. The van der Waals surface area contributed by atoms with Crippen molar-refractivity contribution < 1.29 is 9.72 Å². The van der Waals surface area contributed by atoms with Crippen LogP contribution in [-0.2, 0) is 6.54 Å². The Morgan fingerprint density at radius 1 is 1.16 bits per heavy atom. The first-order chi connectivity index (χ1) is 14.9. The third-order valence-electron chi connectivity index (χ3n) is 5.10. The third-order valence-corrected chi connectivity index (χ3v) is 6.22. The molecule has 0 bridgehead atoms. The zero-order chi connectivity index (χ0) is 22.0. The van der Waals surface area contributed by atoms with E-state index in [0.29, 0.717) is 10.3 Å². The maximum atomic E-state index is 12.5. The number of non-ortho nitro benzene ring substituents is 1. The zero-order valence-corrected chi connectivity index (χ0v) is 17.8. The Hall–Kier alpha value is -3.78. The van der Waals surface area contributed by atoms with Gasteiger partial charge in [0.25, 0.3) is 11.6 Å². The van der Waals surface area contributed by atoms with E-state index in [4.69, 9.17) is 0 Å². The number of amides is 1. The number of hydrogen-bond acceptors (Lipinski definition) is 5. The number of carbonyl (C=O) groups is 1. The molecule has 1 amide bonds. The number of benzene rings is 2. The van der Waals surface area contributed by atoms with E-state index in [1.54, 1.807) is 18.3 Å². The summed E-state index contributed by atoms with van der Waals surface area (Å²) in [6, 6.07) is 18.4. The lowest BCUT2D eigenvalue weighted by Gasteiger charge is -2.09. The van der Waals surface area contributed by atoms with Gasteiger partial charge in [-0.2, -0.15) is 5.10 Å². The van der Waals surface area contributed by atoms with Gasteiger partial charge in [-0.05, 0) is 37.6 Å². The van der Waals surface area contributed by atoms with Gasteiger partial charge in [-0.15, -0.1) is 11.3 Å². The van der Waals surface area contributed by atoms with E-state index < -0.39 is 4.92 Å². The van der Waals surface area contributed by atoms with Crippen LogP contribution in [0.3, 0.4) is 0 Å². The van der Waals surface area contributed by atoms with Crippen LogP contribution in [0.4, 0.5) is 5.69 Å². The van der Waals surface area contributed by atoms with Crippen LogP contribution in [0.5, 0.6) is 0 Å². The number of nitrogens with zero attached hydrogens (tertiary/aromatic N) is 3. The van der Waals surface area contributed by atoms with Gasteiger partial charge >= 0.3 is 0 Å². The molecule has 1 N–H and O–H groups in total. The molecule has 31 heavy (non-hydrogen) atoms. The van der Waals surface area contributed by atoms with Crippen molar-refractivity contribution in [3.63, 3.8) is 0 Å². The average molecular weight is 433 g/mol. The van der Waals surface area contributed by atoms with Crippen molar-refractivity contribution in [2.24, 2.45) is 5.10 Å². The van der Waals surface area contributed by atoms with Crippen molar-refractivity contribution in [3.05, 3.63) is 98.2 Å². The summed E-state index contributed by atoms with van der Waals surface area (Å²) >= 11 is 1.27. The summed E-state index contributed by atoms with van der Waals surface area (Å²) in [7, 11) is 0. The second-order valence-electron chi connectivity index (χ2n) is 7.19. The number of hydrogen-bond donors (Lipinski definition) is 1. The Labute approximate surface area is 182 Å². The summed E-state index contributed by atoms with van der Waals surface area (Å²) in [4.78, 5) is 23.4. The van der Waals surface area contributed by atoms with Crippen LogP contribution in [0.25, 0.3) is 10.1 Å². The van der Waals surface area contributed by atoms with Gasteiger partial charge in [-0.1, -0.05) is 30.3 Å². The van der Waals surface area contributed by atoms with Gasteiger partial charge in [-0.3, -0.25) is 14.9 Å². The van der Waals surface area contributed by atoms with Gasteiger partial charge < -0.3 is 4.57 Å². The maximum absolute atomic E-state index is 12.5. The Balaban J connectivity index is 1.47. The molecule has 0 unspecified atom stereocenters.